The van der Waals surface area contributed by atoms with Crippen molar-refractivity contribution in [3.63, 3.8) is 0 Å². The summed E-state index contributed by atoms with van der Waals surface area (Å²) in [6.45, 7) is 4.62. The number of nitrogens with two attached hydrogens (primary N) is 1. The van der Waals surface area contributed by atoms with Crippen LogP contribution in [0.15, 0.2) is 24.3 Å². The van der Waals surface area contributed by atoms with E-state index >= 15 is 0 Å². The molecule has 2 saturated heterocycles. The average molecular weight is 364 g/mol. The Kier molecular flexibility index (Phi) is 5.92. The molecule has 130 valence electrons. The number of hydrogen-bond acceptors (Lipinski definition) is 5. The van der Waals surface area contributed by atoms with E-state index < -0.39 is 0 Å². The summed E-state index contributed by atoms with van der Waals surface area (Å²) in [6.07, 6.45) is 3.85. The highest BCUT2D eigenvalue weighted by Gasteiger charge is 2.41. The number of hydrogen-bond donors (Lipinski definition) is 1. The summed E-state index contributed by atoms with van der Waals surface area (Å²) in [7, 11) is 0. The van der Waals surface area contributed by atoms with Gasteiger partial charge < -0.3 is 5.73 Å². The van der Waals surface area contributed by atoms with Crippen molar-refractivity contribution < 1.29 is 4.79 Å². The summed E-state index contributed by atoms with van der Waals surface area (Å²) >= 11 is 7.02. The minimum absolute atomic E-state index is 0.0998. The van der Waals surface area contributed by atoms with E-state index in [1.165, 1.54) is 22.9 Å². The highest BCUT2D eigenvalue weighted by Crippen LogP contribution is 2.32. The van der Waals surface area contributed by atoms with Gasteiger partial charge in [-0.15, -0.1) is 0 Å². The van der Waals surface area contributed by atoms with E-state index in [9.17, 15) is 4.79 Å². The Labute approximate surface area is 153 Å². The molecule has 0 saturated carbocycles. The van der Waals surface area contributed by atoms with Crippen LogP contribution in [0, 0.1) is 5.92 Å². The Morgan fingerprint density at radius 3 is 2.42 bits per heavy atom. The first kappa shape index (κ1) is 17.9. The van der Waals surface area contributed by atoms with Gasteiger partial charge in [0.25, 0.3) is 5.91 Å². The molecule has 1 atom stereocenters. The molecule has 0 radical (unpaired) electrons. The lowest BCUT2D eigenvalue weighted by atomic mass is 9.98. The van der Waals surface area contributed by atoms with Crippen LogP contribution >= 0.6 is 24.0 Å². The van der Waals surface area contributed by atoms with Gasteiger partial charge in [-0.25, -0.2) is 10.0 Å². The molecule has 1 aromatic carbocycles. The van der Waals surface area contributed by atoms with Crippen LogP contribution in [0.2, 0.25) is 0 Å². The van der Waals surface area contributed by atoms with E-state index in [0.29, 0.717) is 10.2 Å². The fourth-order valence-electron chi connectivity index (χ4n) is 3.31. The SMILES string of the molecule is CCc1ccc(CC2SC(=S)N(N3CCC(CN)CC3)C2=O)cc1. The van der Waals surface area contributed by atoms with Crippen LogP contribution in [0.3, 0.4) is 0 Å². The third-order valence-corrected chi connectivity index (χ3v) is 6.45. The van der Waals surface area contributed by atoms with Crippen molar-refractivity contribution >= 4 is 34.2 Å². The standard InChI is InChI=1S/C18H25N3OS2/c1-2-13-3-5-14(6-4-13)11-16-17(22)21(18(23)24-16)20-9-7-15(12-19)8-10-20/h3-6,15-16H,2,7-12,19H2,1H3. The predicted octanol–water partition coefficient (Wildman–Crippen LogP) is 2.61. The number of benzene rings is 1. The van der Waals surface area contributed by atoms with Gasteiger partial charge >= 0.3 is 0 Å². The molecule has 1 unspecified atom stereocenters. The number of thioether (sulfide) groups is 1. The van der Waals surface area contributed by atoms with Crippen LogP contribution < -0.4 is 5.73 Å². The number of rotatable bonds is 5. The van der Waals surface area contributed by atoms with Crippen LogP contribution in [-0.2, 0) is 17.6 Å². The van der Waals surface area contributed by atoms with Gasteiger partial charge in [0.2, 0.25) is 0 Å². The third kappa shape index (κ3) is 3.82. The van der Waals surface area contributed by atoms with E-state index in [1.807, 2.05) is 0 Å². The molecular formula is C18H25N3OS2. The molecule has 24 heavy (non-hydrogen) atoms. The molecule has 2 fully saturated rings. The minimum Gasteiger partial charge on any atom is -0.330 e. The van der Waals surface area contributed by atoms with Gasteiger partial charge in [0.05, 0.1) is 5.25 Å². The maximum atomic E-state index is 12.8. The zero-order valence-electron chi connectivity index (χ0n) is 14.1. The first-order chi connectivity index (χ1) is 11.6. The molecule has 2 aliphatic rings. The number of hydrazine groups is 1. The average Bonchev–Trinajstić information content (AvgIpc) is 2.89. The Bertz CT molecular complexity index is 597. The molecule has 1 amide bonds. The van der Waals surface area contributed by atoms with Gasteiger partial charge in [0.15, 0.2) is 4.32 Å². The number of thiocarbonyl (C=S) groups is 1. The molecule has 4 nitrogen and oxygen atoms in total. The van der Waals surface area contributed by atoms with E-state index in [-0.39, 0.29) is 11.2 Å². The smallest absolute Gasteiger partial charge is 0.256 e. The largest absolute Gasteiger partial charge is 0.330 e. The first-order valence-electron chi connectivity index (χ1n) is 8.69. The summed E-state index contributed by atoms with van der Waals surface area (Å²) in [5.41, 5.74) is 8.28. The van der Waals surface area contributed by atoms with Crippen LogP contribution in [0.4, 0.5) is 0 Å². The zero-order valence-corrected chi connectivity index (χ0v) is 15.7. The number of piperidine rings is 1. The molecule has 1 aromatic rings. The van der Waals surface area contributed by atoms with E-state index in [4.69, 9.17) is 18.0 Å². The maximum Gasteiger partial charge on any atom is 0.256 e. The summed E-state index contributed by atoms with van der Waals surface area (Å²) in [4.78, 5) is 12.8. The first-order valence-corrected chi connectivity index (χ1v) is 9.98. The Balaban J connectivity index is 1.63. The maximum absolute atomic E-state index is 12.8. The molecule has 2 aliphatic heterocycles. The second-order valence-electron chi connectivity index (χ2n) is 6.53. The van der Waals surface area contributed by atoms with Crippen LogP contribution in [0.5, 0.6) is 0 Å². The quantitative estimate of drug-likeness (QED) is 0.815. The molecular weight excluding hydrogens is 338 g/mol. The Morgan fingerprint density at radius 2 is 1.83 bits per heavy atom. The van der Waals surface area contributed by atoms with Crippen molar-refractivity contribution in [3.05, 3.63) is 35.4 Å². The lowest BCUT2D eigenvalue weighted by molar-refractivity contribution is -0.139. The molecule has 0 spiro atoms. The van der Waals surface area contributed by atoms with E-state index in [1.54, 1.807) is 5.01 Å². The van der Waals surface area contributed by atoms with Crippen LogP contribution in [0.1, 0.15) is 30.9 Å². The van der Waals surface area contributed by atoms with Crippen molar-refractivity contribution in [1.82, 2.24) is 10.0 Å². The molecule has 0 aromatic heterocycles. The Morgan fingerprint density at radius 1 is 1.21 bits per heavy atom. The number of aryl methyl sites for hydroxylation is 1. The van der Waals surface area contributed by atoms with Gasteiger partial charge in [-0.05, 0) is 49.3 Å². The highest BCUT2D eigenvalue weighted by atomic mass is 32.2. The highest BCUT2D eigenvalue weighted by molar-refractivity contribution is 8.24. The summed E-state index contributed by atoms with van der Waals surface area (Å²) in [6, 6.07) is 8.55. The predicted molar refractivity (Wildman–Crippen MR) is 104 cm³/mol. The minimum atomic E-state index is -0.0998. The van der Waals surface area contributed by atoms with Crippen molar-refractivity contribution in [1.29, 1.82) is 0 Å². The summed E-state index contributed by atoms with van der Waals surface area (Å²) in [5.74, 6) is 0.712. The van der Waals surface area contributed by atoms with Crippen LogP contribution in [0.25, 0.3) is 0 Å². The van der Waals surface area contributed by atoms with E-state index in [0.717, 1.165) is 45.3 Å². The molecule has 3 rings (SSSR count). The molecule has 0 bridgehead atoms. The number of amides is 1. The van der Waals surface area contributed by atoms with Crippen LogP contribution in [-0.4, -0.2) is 45.1 Å². The topological polar surface area (TPSA) is 49.6 Å². The van der Waals surface area contributed by atoms with Gasteiger partial charge in [-0.3, -0.25) is 4.79 Å². The zero-order chi connectivity index (χ0) is 17.1. The second-order valence-corrected chi connectivity index (χ2v) is 8.37. The lowest BCUT2D eigenvalue weighted by Gasteiger charge is -2.36. The van der Waals surface area contributed by atoms with Crippen molar-refractivity contribution in [2.75, 3.05) is 19.6 Å². The monoisotopic (exact) mass is 363 g/mol. The summed E-state index contributed by atoms with van der Waals surface area (Å²) in [5, 5.41) is 3.76. The Hall–Kier alpha value is -0.950. The van der Waals surface area contributed by atoms with E-state index in [2.05, 4.69) is 36.2 Å². The number of carbonyl (C=O) groups excluding carboxylic acids is 1. The lowest BCUT2D eigenvalue weighted by Crippen LogP contribution is -2.50. The molecule has 2 N–H and O–H groups in total. The molecule has 6 heteroatoms. The fraction of sp³-hybridized carbons (Fsp3) is 0.556. The van der Waals surface area contributed by atoms with Gasteiger partial charge in [0, 0.05) is 13.1 Å². The van der Waals surface area contributed by atoms with Crippen molar-refractivity contribution in [3.8, 4) is 0 Å². The third-order valence-electron chi connectivity index (χ3n) is 4.96. The molecule has 2 heterocycles. The second kappa shape index (κ2) is 7.95. The van der Waals surface area contributed by atoms with Crippen molar-refractivity contribution in [2.45, 2.75) is 37.9 Å². The van der Waals surface area contributed by atoms with Gasteiger partial charge in [-0.2, -0.15) is 0 Å². The summed E-state index contributed by atoms with van der Waals surface area (Å²) < 4.78 is 0.696. The number of carbonyl (C=O) groups is 1. The molecule has 0 aliphatic carbocycles. The number of nitrogens with zero attached hydrogens (tertiary/aromatic N) is 2. The van der Waals surface area contributed by atoms with Gasteiger partial charge in [0.1, 0.15) is 0 Å². The normalized spacial score (nSPS) is 23.2. The van der Waals surface area contributed by atoms with Gasteiger partial charge in [-0.1, -0.05) is 55.2 Å². The van der Waals surface area contributed by atoms with Crippen molar-refractivity contribution in [2.24, 2.45) is 11.7 Å². The fourth-order valence-corrected chi connectivity index (χ4v) is 4.89.